The number of anilines is 1. The number of nitrogens with zero attached hydrogens (tertiary/aromatic N) is 1. The molecule has 1 amide bonds. The number of carbonyl (C=O) groups is 1. The highest BCUT2D eigenvalue weighted by Crippen LogP contribution is 2.36. The van der Waals surface area contributed by atoms with Crippen LogP contribution < -0.4 is 10.1 Å². The second-order valence-corrected chi connectivity index (χ2v) is 8.96. The lowest BCUT2D eigenvalue weighted by molar-refractivity contribution is -0.112. The molecule has 3 aromatic carbocycles. The maximum absolute atomic E-state index is 13.1. The molecule has 0 aliphatic heterocycles. The number of benzene rings is 3. The van der Waals surface area contributed by atoms with E-state index in [1.54, 1.807) is 42.5 Å². The molecule has 3 rings (SSSR count). The van der Waals surface area contributed by atoms with E-state index in [0.717, 1.165) is 11.1 Å². The highest BCUT2D eigenvalue weighted by Gasteiger charge is 2.14. The molecule has 0 radical (unpaired) electrons. The number of hydrogen-bond acceptors (Lipinski definition) is 3. The summed E-state index contributed by atoms with van der Waals surface area (Å²) in [6.45, 7) is 2.08. The van der Waals surface area contributed by atoms with Crippen molar-refractivity contribution in [3.63, 3.8) is 0 Å². The topological polar surface area (TPSA) is 62.1 Å². The molecule has 0 heterocycles. The van der Waals surface area contributed by atoms with Gasteiger partial charge in [0.2, 0.25) is 0 Å². The van der Waals surface area contributed by atoms with Gasteiger partial charge < -0.3 is 10.1 Å². The third-order valence-corrected chi connectivity index (χ3v) is 5.85. The predicted octanol–water partition coefficient (Wildman–Crippen LogP) is 7.44. The van der Waals surface area contributed by atoms with Gasteiger partial charge in [0.15, 0.2) is 0 Å². The summed E-state index contributed by atoms with van der Waals surface area (Å²) in [6.07, 6.45) is 1.48. The number of nitrogens with one attached hydrogen (secondary N) is 1. The van der Waals surface area contributed by atoms with E-state index in [0.29, 0.717) is 31.0 Å². The van der Waals surface area contributed by atoms with Gasteiger partial charge in [-0.15, -0.1) is 0 Å². The summed E-state index contributed by atoms with van der Waals surface area (Å²) in [6, 6.07) is 16.6. The molecular formula is C24H16Br2ClFN2O2. The Balaban J connectivity index is 1.78. The van der Waals surface area contributed by atoms with Crippen LogP contribution in [0.25, 0.3) is 6.08 Å². The number of aryl methyl sites for hydroxylation is 1. The fourth-order valence-corrected chi connectivity index (χ4v) is 4.39. The normalized spacial score (nSPS) is 11.1. The van der Waals surface area contributed by atoms with Crippen LogP contribution in [0.3, 0.4) is 0 Å². The Bertz CT molecular complexity index is 1210. The lowest BCUT2D eigenvalue weighted by atomic mass is 10.1. The van der Waals surface area contributed by atoms with Crippen molar-refractivity contribution in [3.05, 3.63) is 96.6 Å². The van der Waals surface area contributed by atoms with Crippen molar-refractivity contribution in [2.75, 3.05) is 5.32 Å². The summed E-state index contributed by atoms with van der Waals surface area (Å²) in [5.41, 5.74) is 2.73. The van der Waals surface area contributed by atoms with Gasteiger partial charge in [0.1, 0.15) is 29.8 Å². The summed E-state index contributed by atoms with van der Waals surface area (Å²) < 4.78 is 20.1. The molecule has 0 bridgehead atoms. The van der Waals surface area contributed by atoms with Gasteiger partial charge in [-0.3, -0.25) is 4.79 Å². The molecule has 162 valence electrons. The van der Waals surface area contributed by atoms with E-state index < -0.39 is 5.91 Å². The molecule has 0 saturated heterocycles. The van der Waals surface area contributed by atoms with Crippen molar-refractivity contribution in [1.82, 2.24) is 0 Å². The molecule has 0 unspecified atom stereocenters. The zero-order valence-corrected chi connectivity index (χ0v) is 20.7. The fourth-order valence-electron chi connectivity index (χ4n) is 2.77. The van der Waals surface area contributed by atoms with Crippen LogP contribution in [-0.4, -0.2) is 5.91 Å². The smallest absolute Gasteiger partial charge is 0.266 e. The van der Waals surface area contributed by atoms with Crippen LogP contribution in [0.4, 0.5) is 10.1 Å². The number of halogens is 4. The van der Waals surface area contributed by atoms with Crippen LogP contribution in [0, 0.1) is 24.1 Å². The van der Waals surface area contributed by atoms with Gasteiger partial charge in [-0.05, 0) is 97.9 Å². The fraction of sp³-hybridized carbons (Fsp3) is 0.0833. The van der Waals surface area contributed by atoms with Crippen molar-refractivity contribution >= 4 is 61.1 Å². The molecule has 3 aromatic rings. The SMILES string of the molecule is Cc1ccc(Cl)cc1NC(=O)/C(C#N)=C/c1cc(Br)c(OCc2ccc(F)cc2)c(Br)c1. The molecule has 0 fully saturated rings. The number of amides is 1. The van der Waals surface area contributed by atoms with Crippen molar-refractivity contribution in [2.45, 2.75) is 13.5 Å². The second-order valence-electron chi connectivity index (χ2n) is 6.81. The first-order chi connectivity index (χ1) is 15.3. The van der Waals surface area contributed by atoms with E-state index in [9.17, 15) is 14.4 Å². The molecule has 4 nitrogen and oxygen atoms in total. The first-order valence-electron chi connectivity index (χ1n) is 9.32. The number of nitriles is 1. The Hall–Kier alpha value is -2.66. The zero-order valence-electron chi connectivity index (χ0n) is 16.8. The lowest BCUT2D eigenvalue weighted by Gasteiger charge is -2.12. The van der Waals surface area contributed by atoms with E-state index >= 15 is 0 Å². The highest BCUT2D eigenvalue weighted by molar-refractivity contribution is 9.11. The third kappa shape index (κ3) is 6.19. The monoisotopic (exact) mass is 576 g/mol. The standard InChI is InChI=1S/C24H16Br2ClFN2O2/c1-14-2-5-18(27)11-22(14)30-24(31)17(12-29)8-16-9-20(25)23(21(26)10-16)32-13-15-3-6-19(28)7-4-15/h2-11H,13H2,1H3,(H,30,31)/b17-8+. The van der Waals surface area contributed by atoms with Crippen LogP contribution in [0.5, 0.6) is 5.75 Å². The van der Waals surface area contributed by atoms with Crippen molar-refractivity contribution in [1.29, 1.82) is 5.26 Å². The number of ether oxygens (including phenoxy) is 1. The van der Waals surface area contributed by atoms with Gasteiger partial charge in [-0.2, -0.15) is 5.26 Å². The molecule has 0 aliphatic carbocycles. The van der Waals surface area contributed by atoms with Gasteiger partial charge in [-0.25, -0.2) is 4.39 Å². The molecule has 0 aromatic heterocycles. The quantitative estimate of drug-likeness (QED) is 0.244. The third-order valence-electron chi connectivity index (χ3n) is 4.44. The first-order valence-corrected chi connectivity index (χ1v) is 11.3. The minimum atomic E-state index is -0.540. The predicted molar refractivity (Wildman–Crippen MR) is 131 cm³/mol. The molecule has 0 atom stereocenters. The van der Waals surface area contributed by atoms with E-state index in [1.165, 1.54) is 18.2 Å². The van der Waals surface area contributed by atoms with Gasteiger partial charge >= 0.3 is 0 Å². The molecule has 0 saturated carbocycles. The lowest BCUT2D eigenvalue weighted by Crippen LogP contribution is -2.14. The van der Waals surface area contributed by atoms with Crippen molar-refractivity contribution in [2.24, 2.45) is 0 Å². The van der Waals surface area contributed by atoms with Crippen LogP contribution in [0.15, 0.2) is 69.1 Å². The Kier molecular flexibility index (Phi) is 8.08. The van der Waals surface area contributed by atoms with Gasteiger partial charge in [-0.1, -0.05) is 29.8 Å². The molecule has 0 spiro atoms. The molecule has 1 N–H and O–H groups in total. The van der Waals surface area contributed by atoms with Crippen LogP contribution >= 0.6 is 43.5 Å². The van der Waals surface area contributed by atoms with Crippen LogP contribution in [-0.2, 0) is 11.4 Å². The van der Waals surface area contributed by atoms with Gasteiger partial charge in [0.25, 0.3) is 5.91 Å². The Morgan fingerprint density at radius 1 is 1.16 bits per heavy atom. The van der Waals surface area contributed by atoms with Gasteiger partial charge in [0, 0.05) is 10.7 Å². The number of hydrogen-bond donors (Lipinski definition) is 1. The summed E-state index contributed by atoms with van der Waals surface area (Å²) in [7, 11) is 0. The Labute approximate surface area is 206 Å². The average molecular weight is 579 g/mol. The molecule has 8 heteroatoms. The first kappa shape index (κ1) is 24.0. The van der Waals surface area contributed by atoms with E-state index in [-0.39, 0.29) is 18.0 Å². The van der Waals surface area contributed by atoms with Gasteiger partial charge in [0.05, 0.1) is 8.95 Å². The minimum absolute atomic E-state index is 0.0665. The average Bonchev–Trinajstić information content (AvgIpc) is 2.75. The maximum atomic E-state index is 13.1. The summed E-state index contributed by atoms with van der Waals surface area (Å²) in [5, 5.41) is 12.7. The Morgan fingerprint density at radius 2 is 1.81 bits per heavy atom. The molecular weight excluding hydrogens is 563 g/mol. The summed E-state index contributed by atoms with van der Waals surface area (Å²) in [5.74, 6) is -0.305. The van der Waals surface area contributed by atoms with Crippen LogP contribution in [0.1, 0.15) is 16.7 Å². The summed E-state index contributed by atoms with van der Waals surface area (Å²) >= 11 is 12.9. The second kappa shape index (κ2) is 10.8. The maximum Gasteiger partial charge on any atom is 0.266 e. The van der Waals surface area contributed by atoms with E-state index in [1.807, 2.05) is 13.0 Å². The molecule has 32 heavy (non-hydrogen) atoms. The van der Waals surface area contributed by atoms with E-state index in [4.69, 9.17) is 16.3 Å². The van der Waals surface area contributed by atoms with Crippen molar-refractivity contribution in [3.8, 4) is 11.8 Å². The van der Waals surface area contributed by atoms with Crippen LogP contribution in [0.2, 0.25) is 5.02 Å². The summed E-state index contributed by atoms with van der Waals surface area (Å²) in [4.78, 5) is 12.6. The largest absolute Gasteiger partial charge is 0.487 e. The highest BCUT2D eigenvalue weighted by atomic mass is 79.9. The Morgan fingerprint density at radius 3 is 2.44 bits per heavy atom. The van der Waals surface area contributed by atoms with E-state index in [2.05, 4.69) is 37.2 Å². The molecule has 0 aliphatic rings. The number of rotatable bonds is 6. The number of carbonyl (C=O) groups excluding carboxylic acids is 1. The van der Waals surface area contributed by atoms with Crippen molar-refractivity contribution < 1.29 is 13.9 Å². The zero-order chi connectivity index (χ0) is 23.3. The minimum Gasteiger partial charge on any atom is -0.487 e.